The summed E-state index contributed by atoms with van der Waals surface area (Å²) >= 11 is 0. The van der Waals surface area contributed by atoms with Gasteiger partial charge in [0.1, 0.15) is 0 Å². The van der Waals surface area contributed by atoms with Gasteiger partial charge in [0.2, 0.25) is 11.8 Å². The van der Waals surface area contributed by atoms with E-state index in [-0.39, 0.29) is 24.3 Å². The van der Waals surface area contributed by atoms with Gasteiger partial charge in [-0.05, 0) is 24.9 Å². The van der Waals surface area contributed by atoms with Crippen molar-refractivity contribution >= 4 is 11.8 Å². The molecule has 1 aliphatic rings. The summed E-state index contributed by atoms with van der Waals surface area (Å²) in [5.74, 6) is -0.599. The lowest BCUT2D eigenvalue weighted by atomic mass is 10.2. The van der Waals surface area contributed by atoms with Crippen molar-refractivity contribution in [2.45, 2.75) is 25.4 Å². The number of carbonyl (C=O) groups is 2. The Labute approximate surface area is 139 Å². The normalized spacial score (nSPS) is 17.8. The molecule has 3 rings (SSSR count). The van der Waals surface area contributed by atoms with Crippen molar-refractivity contribution in [3.63, 3.8) is 0 Å². The van der Waals surface area contributed by atoms with Gasteiger partial charge >= 0.3 is 0 Å². The van der Waals surface area contributed by atoms with E-state index in [0.717, 1.165) is 24.9 Å². The number of benzene rings is 1. The highest BCUT2D eigenvalue weighted by Gasteiger charge is 2.32. The SMILES string of the molecule is NC(=O)c1noc(C2CCCN2CC(=O)NCc2ccccc2)n1. The first kappa shape index (κ1) is 16.1. The largest absolute Gasteiger partial charge is 0.363 e. The van der Waals surface area contributed by atoms with Crippen LogP contribution in [0.15, 0.2) is 34.9 Å². The Morgan fingerprint density at radius 1 is 1.33 bits per heavy atom. The number of carbonyl (C=O) groups excluding carboxylic acids is 2. The minimum absolute atomic E-state index is 0.0691. The monoisotopic (exact) mass is 329 g/mol. The number of primary amides is 1. The zero-order chi connectivity index (χ0) is 16.9. The van der Waals surface area contributed by atoms with Crippen LogP contribution in [0.1, 0.15) is 41.0 Å². The summed E-state index contributed by atoms with van der Waals surface area (Å²) < 4.78 is 5.12. The Kier molecular flexibility index (Phi) is 4.85. The fraction of sp³-hybridized carbons (Fsp3) is 0.375. The Morgan fingerprint density at radius 2 is 2.12 bits per heavy atom. The van der Waals surface area contributed by atoms with Crippen LogP contribution in [0.25, 0.3) is 0 Å². The predicted octanol–water partition coefficient (Wildman–Crippen LogP) is 0.622. The lowest BCUT2D eigenvalue weighted by Crippen LogP contribution is -2.36. The van der Waals surface area contributed by atoms with Gasteiger partial charge in [-0.15, -0.1) is 0 Å². The average Bonchev–Trinajstić information content (AvgIpc) is 3.22. The number of nitrogens with one attached hydrogen (secondary N) is 1. The lowest BCUT2D eigenvalue weighted by Gasteiger charge is -2.20. The fourth-order valence-electron chi connectivity index (χ4n) is 2.80. The van der Waals surface area contributed by atoms with Crippen molar-refractivity contribution in [3.05, 3.63) is 47.6 Å². The average molecular weight is 329 g/mol. The molecule has 0 saturated carbocycles. The summed E-state index contributed by atoms with van der Waals surface area (Å²) in [6.07, 6.45) is 1.72. The molecule has 24 heavy (non-hydrogen) atoms. The molecule has 1 atom stereocenters. The van der Waals surface area contributed by atoms with Crippen molar-refractivity contribution < 1.29 is 14.1 Å². The van der Waals surface area contributed by atoms with Crippen molar-refractivity contribution in [3.8, 4) is 0 Å². The molecule has 0 spiro atoms. The zero-order valence-corrected chi connectivity index (χ0v) is 13.1. The second kappa shape index (κ2) is 7.22. The summed E-state index contributed by atoms with van der Waals surface area (Å²) in [5, 5.41) is 6.46. The van der Waals surface area contributed by atoms with Crippen molar-refractivity contribution in [2.75, 3.05) is 13.1 Å². The van der Waals surface area contributed by atoms with Gasteiger partial charge in [-0.1, -0.05) is 35.5 Å². The van der Waals surface area contributed by atoms with Gasteiger partial charge in [-0.25, -0.2) is 0 Å². The van der Waals surface area contributed by atoms with Gasteiger partial charge in [0.05, 0.1) is 12.6 Å². The zero-order valence-electron chi connectivity index (χ0n) is 13.1. The molecule has 3 N–H and O–H groups in total. The molecule has 1 fully saturated rings. The number of rotatable bonds is 6. The number of aromatic nitrogens is 2. The maximum atomic E-state index is 12.2. The smallest absolute Gasteiger partial charge is 0.290 e. The molecule has 1 aromatic heterocycles. The number of nitrogens with two attached hydrogens (primary N) is 1. The molecule has 1 saturated heterocycles. The lowest BCUT2D eigenvalue weighted by molar-refractivity contribution is -0.122. The first-order valence-electron chi connectivity index (χ1n) is 7.81. The van der Waals surface area contributed by atoms with E-state index in [2.05, 4.69) is 15.5 Å². The van der Waals surface area contributed by atoms with E-state index < -0.39 is 5.91 Å². The highest BCUT2D eigenvalue weighted by molar-refractivity contribution is 5.88. The van der Waals surface area contributed by atoms with Crippen molar-refractivity contribution in [1.82, 2.24) is 20.4 Å². The molecular formula is C16H19N5O3. The standard InChI is InChI=1S/C16H19N5O3/c17-14(23)15-19-16(24-20-15)12-7-4-8-21(12)10-13(22)18-9-11-5-2-1-3-6-11/h1-3,5-6,12H,4,7-10H2,(H2,17,23)(H,18,22). The summed E-state index contributed by atoms with van der Waals surface area (Å²) in [6.45, 7) is 1.49. The minimum Gasteiger partial charge on any atom is -0.363 e. The van der Waals surface area contributed by atoms with Gasteiger partial charge in [-0.3, -0.25) is 14.5 Å². The van der Waals surface area contributed by atoms with Crippen molar-refractivity contribution in [2.24, 2.45) is 5.73 Å². The Bertz CT molecular complexity index is 716. The quantitative estimate of drug-likeness (QED) is 0.803. The van der Waals surface area contributed by atoms with Crippen LogP contribution in [-0.2, 0) is 11.3 Å². The molecule has 0 aliphatic carbocycles. The van der Waals surface area contributed by atoms with Crippen LogP contribution in [0.5, 0.6) is 0 Å². The predicted molar refractivity (Wildman–Crippen MR) is 84.7 cm³/mol. The van der Waals surface area contributed by atoms with Gasteiger partial charge in [0.15, 0.2) is 0 Å². The molecule has 8 nitrogen and oxygen atoms in total. The number of nitrogens with zero attached hydrogens (tertiary/aromatic N) is 3. The highest BCUT2D eigenvalue weighted by atomic mass is 16.5. The number of hydrogen-bond donors (Lipinski definition) is 2. The molecule has 1 aromatic carbocycles. The molecule has 2 amide bonds. The first-order chi connectivity index (χ1) is 11.6. The van der Waals surface area contributed by atoms with Gasteiger partial charge < -0.3 is 15.6 Å². The molecule has 2 heterocycles. The third-order valence-electron chi connectivity index (χ3n) is 3.99. The van der Waals surface area contributed by atoms with Gasteiger partial charge in [0, 0.05) is 6.54 Å². The van der Waals surface area contributed by atoms with E-state index in [1.165, 1.54) is 0 Å². The van der Waals surface area contributed by atoms with Crippen LogP contribution < -0.4 is 11.1 Å². The molecule has 2 aromatic rings. The summed E-state index contributed by atoms with van der Waals surface area (Å²) in [6, 6.07) is 9.57. The van der Waals surface area contributed by atoms with E-state index in [9.17, 15) is 9.59 Å². The van der Waals surface area contributed by atoms with Crippen LogP contribution in [0.2, 0.25) is 0 Å². The second-order valence-electron chi connectivity index (χ2n) is 5.71. The van der Waals surface area contributed by atoms with E-state index in [4.69, 9.17) is 10.3 Å². The number of hydrogen-bond acceptors (Lipinski definition) is 6. The molecular weight excluding hydrogens is 310 g/mol. The Balaban J connectivity index is 1.57. The third-order valence-corrected chi connectivity index (χ3v) is 3.99. The number of likely N-dealkylation sites (tertiary alicyclic amines) is 1. The molecule has 0 bridgehead atoms. The highest BCUT2D eigenvalue weighted by Crippen LogP contribution is 2.30. The molecule has 126 valence electrons. The fourth-order valence-corrected chi connectivity index (χ4v) is 2.80. The van der Waals surface area contributed by atoms with Crippen LogP contribution in [0.4, 0.5) is 0 Å². The van der Waals surface area contributed by atoms with E-state index in [1.54, 1.807) is 0 Å². The Morgan fingerprint density at radius 3 is 2.83 bits per heavy atom. The molecule has 8 heteroatoms. The number of amides is 2. The van der Waals surface area contributed by atoms with Gasteiger partial charge in [0.25, 0.3) is 11.7 Å². The topological polar surface area (TPSA) is 114 Å². The third kappa shape index (κ3) is 3.77. The molecule has 0 radical (unpaired) electrons. The summed E-state index contributed by atoms with van der Waals surface area (Å²) in [7, 11) is 0. The minimum atomic E-state index is -0.727. The molecule has 1 aliphatic heterocycles. The van der Waals surface area contributed by atoms with Crippen molar-refractivity contribution in [1.29, 1.82) is 0 Å². The maximum Gasteiger partial charge on any atom is 0.290 e. The Hall–Kier alpha value is -2.74. The van der Waals surface area contributed by atoms with Crippen LogP contribution >= 0.6 is 0 Å². The molecule has 1 unspecified atom stereocenters. The van der Waals surface area contributed by atoms with E-state index in [0.29, 0.717) is 12.4 Å². The van der Waals surface area contributed by atoms with Gasteiger partial charge in [-0.2, -0.15) is 4.98 Å². The van der Waals surface area contributed by atoms with Crippen LogP contribution in [0, 0.1) is 0 Å². The summed E-state index contributed by atoms with van der Waals surface area (Å²) in [5.41, 5.74) is 6.18. The second-order valence-corrected chi connectivity index (χ2v) is 5.71. The maximum absolute atomic E-state index is 12.2. The van der Waals surface area contributed by atoms with Crippen LogP contribution in [-0.4, -0.2) is 39.9 Å². The van der Waals surface area contributed by atoms with Crippen LogP contribution in [0.3, 0.4) is 0 Å². The summed E-state index contributed by atoms with van der Waals surface area (Å²) in [4.78, 5) is 29.2. The van der Waals surface area contributed by atoms with E-state index >= 15 is 0 Å². The first-order valence-corrected chi connectivity index (χ1v) is 7.81. The van der Waals surface area contributed by atoms with E-state index in [1.807, 2.05) is 35.2 Å².